The Morgan fingerprint density at radius 2 is 1.74 bits per heavy atom. The molecule has 0 bridgehead atoms. The first-order valence-electron chi connectivity index (χ1n) is 11.6. The molecule has 1 aliphatic rings. The van der Waals surface area contributed by atoms with E-state index >= 15 is 0 Å². The summed E-state index contributed by atoms with van der Waals surface area (Å²) < 4.78 is 18.3. The summed E-state index contributed by atoms with van der Waals surface area (Å²) in [5.74, 6) is 1.44. The number of ether oxygens (including phenoxy) is 3. The van der Waals surface area contributed by atoms with Crippen LogP contribution < -0.4 is 14.4 Å². The summed E-state index contributed by atoms with van der Waals surface area (Å²) in [7, 11) is 1.67. The molecule has 0 amide bonds. The van der Waals surface area contributed by atoms with E-state index in [4.69, 9.17) is 14.2 Å². The van der Waals surface area contributed by atoms with Gasteiger partial charge >= 0.3 is 0 Å². The Morgan fingerprint density at radius 3 is 2.54 bits per heavy atom. The molecule has 4 aromatic carbocycles. The largest absolute Gasteiger partial charge is 0.493 e. The average Bonchev–Trinajstić information content (AvgIpc) is 2.92. The average molecular weight is 578 g/mol. The second kappa shape index (κ2) is 11.1. The van der Waals surface area contributed by atoms with Crippen molar-refractivity contribution >= 4 is 51.0 Å². The van der Waals surface area contributed by atoms with Crippen molar-refractivity contribution in [3.63, 3.8) is 0 Å². The molecule has 1 fully saturated rings. The fourth-order valence-corrected chi connectivity index (χ4v) is 5.02. The smallest absolute Gasteiger partial charge is 0.174 e. The first kappa shape index (κ1) is 23.6. The van der Waals surface area contributed by atoms with Gasteiger partial charge in [0.15, 0.2) is 11.5 Å². The van der Waals surface area contributed by atoms with Gasteiger partial charge < -0.3 is 19.1 Å². The maximum absolute atomic E-state index is 6.25. The van der Waals surface area contributed by atoms with Crippen LogP contribution >= 0.6 is 22.6 Å². The minimum absolute atomic E-state index is 0.469. The van der Waals surface area contributed by atoms with Crippen LogP contribution in [0.3, 0.4) is 0 Å². The number of benzene rings is 4. The predicted molar refractivity (Wildman–Crippen MR) is 151 cm³/mol. The lowest BCUT2D eigenvalue weighted by molar-refractivity contribution is 0.122. The van der Waals surface area contributed by atoms with E-state index in [2.05, 4.69) is 93.1 Å². The second-order valence-electron chi connectivity index (χ2n) is 8.34. The van der Waals surface area contributed by atoms with Gasteiger partial charge in [-0.1, -0.05) is 42.5 Å². The highest BCUT2D eigenvalue weighted by Gasteiger charge is 2.13. The number of rotatable bonds is 7. The molecule has 178 valence electrons. The van der Waals surface area contributed by atoms with Gasteiger partial charge in [-0.2, -0.15) is 0 Å². The Labute approximate surface area is 219 Å². The van der Waals surface area contributed by atoms with E-state index < -0.39 is 0 Å². The molecule has 6 heteroatoms. The summed E-state index contributed by atoms with van der Waals surface area (Å²) in [6.45, 7) is 3.88. The fourth-order valence-electron chi connectivity index (χ4n) is 4.24. The van der Waals surface area contributed by atoms with Crippen LogP contribution in [0.5, 0.6) is 11.5 Å². The van der Waals surface area contributed by atoms with E-state index in [0.717, 1.165) is 52.4 Å². The molecule has 0 radical (unpaired) electrons. The molecule has 1 aliphatic heterocycles. The van der Waals surface area contributed by atoms with Crippen molar-refractivity contribution in [3.05, 3.63) is 93.6 Å². The number of morpholine rings is 1. The molecule has 0 saturated carbocycles. The van der Waals surface area contributed by atoms with Crippen LogP contribution in [0.4, 0.5) is 11.4 Å². The lowest BCUT2D eigenvalue weighted by atomic mass is 10.1. The van der Waals surface area contributed by atoms with Gasteiger partial charge in [0.2, 0.25) is 0 Å². The molecule has 1 saturated heterocycles. The number of fused-ring (bicyclic) bond motifs is 1. The highest BCUT2D eigenvalue weighted by molar-refractivity contribution is 14.1. The number of anilines is 1. The molecule has 0 aliphatic carbocycles. The Hall–Kier alpha value is -3.10. The Morgan fingerprint density at radius 1 is 0.971 bits per heavy atom. The fraction of sp³-hybridized carbons (Fsp3) is 0.207. The summed E-state index contributed by atoms with van der Waals surface area (Å²) in [6, 6.07) is 27.0. The van der Waals surface area contributed by atoms with Crippen LogP contribution in [0, 0.1) is 3.57 Å². The molecule has 5 nitrogen and oxygen atoms in total. The van der Waals surface area contributed by atoms with Crippen LogP contribution in [0.1, 0.15) is 11.1 Å². The number of hydrogen-bond acceptors (Lipinski definition) is 5. The van der Waals surface area contributed by atoms with E-state index in [1.807, 2.05) is 24.4 Å². The first-order chi connectivity index (χ1) is 17.2. The summed E-state index contributed by atoms with van der Waals surface area (Å²) >= 11 is 2.30. The van der Waals surface area contributed by atoms with Gasteiger partial charge in [-0.15, -0.1) is 0 Å². The van der Waals surface area contributed by atoms with E-state index in [1.54, 1.807) is 7.11 Å². The van der Waals surface area contributed by atoms with Gasteiger partial charge in [0.1, 0.15) is 6.61 Å². The van der Waals surface area contributed by atoms with E-state index in [1.165, 1.54) is 16.5 Å². The summed E-state index contributed by atoms with van der Waals surface area (Å²) in [5, 5.41) is 2.41. The number of hydrogen-bond donors (Lipinski definition) is 0. The quantitative estimate of drug-likeness (QED) is 0.183. The molecular formula is C29H27IN2O3. The standard InChI is InChI=1S/C29H27IN2O3/c1-33-28-18-21(19-31-24-9-11-25(12-10-24)32-13-15-34-16-14-32)17-27(30)29(28)35-20-23-7-4-6-22-5-2-3-8-26(22)23/h2-12,17-19H,13-16,20H2,1H3. The summed E-state index contributed by atoms with van der Waals surface area (Å²) in [5.41, 5.74) is 4.22. The van der Waals surface area contributed by atoms with Crippen LogP contribution in [0.15, 0.2) is 83.9 Å². The monoisotopic (exact) mass is 578 g/mol. The number of nitrogens with zero attached hydrogens (tertiary/aromatic N) is 2. The van der Waals surface area contributed by atoms with Gasteiger partial charge in [-0.05, 0) is 80.9 Å². The van der Waals surface area contributed by atoms with Crippen molar-refractivity contribution in [2.75, 3.05) is 38.3 Å². The van der Waals surface area contributed by atoms with E-state index in [-0.39, 0.29) is 0 Å². The second-order valence-corrected chi connectivity index (χ2v) is 9.50. The maximum Gasteiger partial charge on any atom is 0.174 e. The minimum atomic E-state index is 0.469. The predicted octanol–water partition coefficient (Wildman–Crippen LogP) is 6.62. The van der Waals surface area contributed by atoms with Gasteiger partial charge in [0, 0.05) is 25.0 Å². The van der Waals surface area contributed by atoms with E-state index in [9.17, 15) is 0 Å². The molecule has 0 N–H and O–H groups in total. The first-order valence-corrected chi connectivity index (χ1v) is 12.7. The third-order valence-corrected chi connectivity index (χ3v) is 6.89. The number of halogens is 1. The van der Waals surface area contributed by atoms with Crippen LogP contribution in [0.25, 0.3) is 10.8 Å². The third-order valence-electron chi connectivity index (χ3n) is 6.09. The van der Waals surface area contributed by atoms with Crippen molar-refractivity contribution < 1.29 is 14.2 Å². The summed E-state index contributed by atoms with van der Waals surface area (Å²) in [6.07, 6.45) is 1.86. The van der Waals surface area contributed by atoms with Crippen molar-refractivity contribution in [2.24, 2.45) is 4.99 Å². The zero-order valence-corrected chi connectivity index (χ0v) is 21.8. The Bertz CT molecular complexity index is 1330. The number of methoxy groups -OCH3 is 1. The topological polar surface area (TPSA) is 43.3 Å². The molecule has 0 aromatic heterocycles. The third kappa shape index (κ3) is 5.60. The number of aliphatic imine (C=N–C) groups is 1. The molecule has 5 rings (SSSR count). The van der Waals surface area contributed by atoms with Gasteiger partial charge in [-0.25, -0.2) is 0 Å². The lowest BCUT2D eigenvalue weighted by Crippen LogP contribution is -2.36. The van der Waals surface area contributed by atoms with Crippen molar-refractivity contribution in [1.82, 2.24) is 0 Å². The lowest BCUT2D eigenvalue weighted by Gasteiger charge is -2.28. The van der Waals surface area contributed by atoms with E-state index in [0.29, 0.717) is 12.4 Å². The zero-order valence-electron chi connectivity index (χ0n) is 19.6. The Balaban J connectivity index is 1.30. The van der Waals surface area contributed by atoms with Crippen molar-refractivity contribution in [1.29, 1.82) is 0 Å². The molecule has 35 heavy (non-hydrogen) atoms. The highest BCUT2D eigenvalue weighted by Crippen LogP contribution is 2.35. The summed E-state index contributed by atoms with van der Waals surface area (Å²) in [4.78, 5) is 7.00. The minimum Gasteiger partial charge on any atom is -0.493 e. The highest BCUT2D eigenvalue weighted by atomic mass is 127. The molecule has 4 aromatic rings. The SMILES string of the molecule is COc1cc(C=Nc2ccc(N3CCOCC3)cc2)cc(I)c1OCc1cccc2ccccc12. The molecular weight excluding hydrogens is 551 g/mol. The molecule has 0 unspecified atom stereocenters. The van der Waals surface area contributed by atoms with Crippen molar-refractivity contribution in [2.45, 2.75) is 6.61 Å². The maximum atomic E-state index is 6.25. The van der Waals surface area contributed by atoms with Gasteiger partial charge in [0.25, 0.3) is 0 Å². The zero-order chi connectivity index (χ0) is 24.0. The van der Waals surface area contributed by atoms with Gasteiger partial charge in [-0.3, -0.25) is 4.99 Å². The molecule has 1 heterocycles. The van der Waals surface area contributed by atoms with Crippen LogP contribution in [0.2, 0.25) is 0 Å². The molecule has 0 atom stereocenters. The van der Waals surface area contributed by atoms with Gasteiger partial charge in [0.05, 0.1) is 29.6 Å². The normalized spacial score (nSPS) is 13.9. The van der Waals surface area contributed by atoms with Crippen molar-refractivity contribution in [3.8, 4) is 11.5 Å². The van der Waals surface area contributed by atoms with Crippen LogP contribution in [-0.4, -0.2) is 39.6 Å². The molecule has 0 spiro atoms. The van der Waals surface area contributed by atoms with Crippen LogP contribution in [-0.2, 0) is 11.3 Å². The Kier molecular flexibility index (Phi) is 7.49.